The molecule has 22 heavy (non-hydrogen) atoms. The molecule has 0 aliphatic carbocycles. The Balaban J connectivity index is 1.54. The zero-order valence-electron chi connectivity index (χ0n) is 12.3. The van der Waals surface area contributed by atoms with Crippen LogP contribution in [0.15, 0.2) is 34.7 Å². The Bertz CT molecular complexity index is 674. The number of rotatable bonds is 2. The third-order valence-electron chi connectivity index (χ3n) is 4.27. The van der Waals surface area contributed by atoms with Gasteiger partial charge in [-0.3, -0.25) is 4.79 Å². The number of aromatic nitrogens is 1. The van der Waals surface area contributed by atoms with Gasteiger partial charge in [-0.1, -0.05) is 18.2 Å². The molecule has 2 aliphatic heterocycles. The Morgan fingerprint density at radius 1 is 1.27 bits per heavy atom. The quantitative estimate of drug-likeness (QED) is 0.854. The number of amides is 1. The summed E-state index contributed by atoms with van der Waals surface area (Å²) in [4.78, 5) is 18.9. The van der Waals surface area contributed by atoms with Crippen molar-refractivity contribution in [2.24, 2.45) is 0 Å². The number of ether oxygens (including phenoxy) is 1. The Kier molecular flexibility index (Phi) is 3.42. The Morgan fingerprint density at radius 2 is 2.14 bits per heavy atom. The van der Waals surface area contributed by atoms with Crippen LogP contribution in [0.3, 0.4) is 0 Å². The highest BCUT2D eigenvalue weighted by Crippen LogP contribution is 2.27. The molecule has 0 saturated carbocycles. The first-order valence-electron chi connectivity index (χ1n) is 7.75. The van der Waals surface area contributed by atoms with Crippen LogP contribution in [0.2, 0.25) is 0 Å². The molecule has 2 aromatic rings. The van der Waals surface area contributed by atoms with Crippen LogP contribution < -0.4 is 0 Å². The van der Waals surface area contributed by atoms with E-state index in [0.717, 1.165) is 29.9 Å². The Morgan fingerprint density at radius 3 is 2.91 bits per heavy atom. The van der Waals surface area contributed by atoms with Crippen molar-refractivity contribution in [1.29, 1.82) is 0 Å². The molecular weight excluding hydrogens is 280 g/mol. The van der Waals surface area contributed by atoms with Crippen LogP contribution in [0.5, 0.6) is 0 Å². The summed E-state index contributed by atoms with van der Waals surface area (Å²) >= 11 is 0. The Hall–Kier alpha value is -2.14. The summed E-state index contributed by atoms with van der Waals surface area (Å²) < 4.78 is 11.4. The molecule has 1 aromatic carbocycles. The highest BCUT2D eigenvalue weighted by molar-refractivity contribution is 5.81. The van der Waals surface area contributed by atoms with Crippen LogP contribution in [0, 0.1) is 0 Å². The summed E-state index contributed by atoms with van der Waals surface area (Å²) in [5, 5.41) is 0. The molecule has 1 amide bonds. The second-order valence-electron chi connectivity index (χ2n) is 5.77. The molecule has 0 spiro atoms. The molecule has 1 fully saturated rings. The van der Waals surface area contributed by atoms with Gasteiger partial charge in [0.05, 0.1) is 6.54 Å². The minimum absolute atomic E-state index is 0.0902. The number of fused-ring (bicyclic) bond motifs is 1. The van der Waals surface area contributed by atoms with E-state index in [1.165, 1.54) is 0 Å². The third-order valence-corrected chi connectivity index (χ3v) is 4.27. The van der Waals surface area contributed by atoms with Gasteiger partial charge in [-0.25, -0.2) is 4.98 Å². The number of hydrogen-bond acceptors (Lipinski definition) is 4. The van der Waals surface area contributed by atoms with Crippen molar-refractivity contribution in [3.63, 3.8) is 0 Å². The lowest BCUT2D eigenvalue weighted by molar-refractivity contribution is -0.142. The maximum Gasteiger partial charge on any atom is 0.252 e. The monoisotopic (exact) mass is 298 g/mol. The van der Waals surface area contributed by atoms with Gasteiger partial charge in [0.25, 0.3) is 5.91 Å². The first-order valence-corrected chi connectivity index (χ1v) is 7.75. The van der Waals surface area contributed by atoms with Crippen LogP contribution in [0.25, 0.3) is 11.5 Å². The number of oxazole rings is 1. The molecule has 4 rings (SSSR count). The van der Waals surface area contributed by atoms with Gasteiger partial charge >= 0.3 is 0 Å². The van der Waals surface area contributed by atoms with Gasteiger partial charge in [-0.15, -0.1) is 0 Å². The minimum Gasteiger partial charge on any atom is -0.441 e. The lowest BCUT2D eigenvalue weighted by Crippen LogP contribution is -2.41. The van der Waals surface area contributed by atoms with Gasteiger partial charge in [0.15, 0.2) is 0 Å². The van der Waals surface area contributed by atoms with Gasteiger partial charge in [0, 0.05) is 25.1 Å². The maximum absolute atomic E-state index is 12.4. The van der Waals surface area contributed by atoms with Gasteiger partial charge in [0.2, 0.25) is 5.89 Å². The summed E-state index contributed by atoms with van der Waals surface area (Å²) in [6.45, 7) is 1.89. The van der Waals surface area contributed by atoms with Crippen molar-refractivity contribution in [3.05, 3.63) is 41.8 Å². The molecule has 3 heterocycles. The summed E-state index contributed by atoms with van der Waals surface area (Å²) in [5.41, 5.74) is 1.84. The van der Waals surface area contributed by atoms with Crippen molar-refractivity contribution in [1.82, 2.24) is 9.88 Å². The van der Waals surface area contributed by atoms with Crippen molar-refractivity contribution in [3.8, 4) is 11.5 Å². The van der Waals surface area contributed by atoms with E-state index in [1.54, 1.807) is 0 Å². The smallest absolute Gasteiger partial charge is 0.252 e. The van der Waals surface area contributed by atoms with Gasteiger partial charge in [-0.2, -0.15) is 0 Å². The molecule has 2 aliphatic rings. The minimum atomic E-state index is -0.262. The number of nitrogens with zero attached hydrogens (tertiary/aromatic N) is 2. The molecule has 0 N–H and O–H groups in total. The zero-order valence-corrected chi connectivity index (χ0v) is 12.3. The van der Waals surface area contributed by atoms with Crippen molar-refractivity contribution >= 4 is 5.91 Å². The van der Waals surface area contributed by atoms with E-state index >= 15 is 0 Å². The zero-order chi connectivity index (χ0) is 14.9. The lowest BCUT2D eigenvalue weighted by atomic mass is 10.1. The number of carbonyl (C=O) groups is 1. The highest BCUT2D eigenvalue weighted by atomic mass is 16.5. The topological polar surface area (TPSA) is 55.6 Å². The normalized spacial score (nSPS) is 20.9. The fourth-order valence-electron chi connectivity index (χ4n) is 3.07. The van der Waals surface area contributed by atoms with E-state index < -0.39 is 0 Å². The second kappa shape index (κ2) is 5.57. The second-order valence-corrected chi connectivity index (χ2v) is 5.77. The molecular formula is C17H18N2O3. The first-order chi connectivity index (χ1) is 10.8. The standard InChI is InChI=1S/C17H18N2O3/c20-17(15-7-4-10-21-15)19-9-8-14-13(11-19)18-16(22-14)12-5-2-1-3-6-12/h1-3,5-6,15H,4,7-11H2. The van der Waals surface area contributed by atoms with E-state index in [9.17, 15) is 4.79 Å². The lowest BCUT2D eigenvalue weighted by Gasteiger charge is -2.27. The average Bonchev–Trinajstić information content (AvgIpc) is 3.23. The SMILES string of the molecule is O=C(C1CCCO1)N1CCc2oc(-c3ccccc3)nc2C1. The van der Waals surface area contributed by atoms with Crippen molar-refractivity contribution in [2.75, 3.05) is 13.2 Å². The highest BCUT2D eigenvalue weighted by Gasteiger charge is 2.32. The van der Waals surface area contributed by atoms with Crippen LogP contribution >= 0.6 is 0 Å². The van der Waals surface area contributed by atoms with Gasteiger partial charge < -0.3 is 14.1 Å². The predicted octanol–water partition coefficient (Wildman–Crippen LogP) is 2.41. The van der Waals surface area contributed by atoms with Gasteiger partial charge in [0.1, 0.15) is 17.6 Å². The van der Waals surface area contributed by atoms with Crippen LogP contribution in [0.4, 0.5) is 0 Å². The molecule has 1 aromatic heterocycles. The molecule has 1 saturated heterocycles. The summed E-state index contributed by atoms with van der Waals surface area (Å²) in [6, 6.07) is 9.85. The molecule has 114 valence electrons. The fraction of sp³-hybridized carbons (Fsp3) is 0.412. The number of hydrogen-bond donors (Lipinski definition) is 0. The third kappa shape index (κ3) is 2.41. The first kappa shape index (κ1) is 13.5. The molecule has 5 nitrogen and oxygen atoms in total. The van der Waals surface area contributed by atoms with Crippen LogP contribution in [-0.4, -0.2) is 35.0 Å². The molecule has 0 radical (unpaired) electrons. The molecule has 0 bridgehead atoms. The fourth-order valence-corrected chi connectivity index (χ4v) is 3.07. The predicted molar refractivity (Wildman–Crippen MR) is 80.0 cm³/mol. The molecule has 1 atom stereocenters. The number of carbonyl (C=O) groups excluding carboxylic acids is 1. The van der Waals surface area contributed by atoms with E-state index in [4.69, 9.17) is 9.15 Å². The molecule has 5 heteroatoms. The van der Waals surface area contributed by atoms with E-state index in [-0.39, 0.29) is 12.0 Å². The Labute approximate surface area is 128 Å². The average molecular weight is 298 g/mol. The summed E-state index contributed by atoms with van der Waals surface area (Å²) in [5.74, 6) is 1.62. The maximum atomic E-state index is 12.4. The summed E-state index contributed by atoms with van der Waals surface area (Å²) in [6.07, 6.45) is 2.25. The van der Waals surface area contributed by atoms with E-state index in [1.807, 2.05) is 35.2 Å². The van der Waals surface area contributed by atoms with E-state index in [0.29, 0.717) is 32.0 Å². The number of benzene rings is 1. The van der Waals surface area contributed by atoms with Crippen molar-refractivity contribution in [2.45, 2.75) is 31.9 Å². The largest absolute Gasteiger partial charge is 0.441 e. The molecule has 1 unspecified atom stereocenters. The van der Waals surface area contributed by atoms with E-state index in [2.05, 4.69) is 4.98 Å². The van der Waals surface area contributed by atoms with Crippen LogP contribution in [0.1, 0.15) is 24.3 Å². The van der Waals surface area contributed by atoms with Crippen molar-refractivity contribution < 1.29 is 13.9 Å². The summed E-state index contributed by atoms with van der Waals surface area (Å²) in [7, 11) is 0. The van der Waals surface area contributed by atoms with Crippen LogP contribution in [-0.2, 0) is 22.5 Å². The van der Waals surface area contributed by atoms with Gasteiger partial charge in [-0.05, 0) is 25.0 Å².